The molecule has 3 nitrogen and oxygen atoms in total. The maximum Gasteiger partial charge on any atom is 0.0462 e. The lowest BCUT2D eigenvalue weighted by atomic mass is 10.0. The Morgan fingerprint density at radius 2 is 2.38 bits per heavy atom. The van der Waals surface area contributed by atoms with E-state index in [9.17, 15) is 0 Å². The van der Waals surface area contributed by atoms with Gasteiger partial charge in [0.05, 0.1) is 0 Å². The molecule has 3 N–H and O–H groups in total. The molecule has 0 bridgehead atoms. The fourth-order valence-corrected chi connectivity index (χ4v) is 1.41. The molecule has 72 valence electrons. The maximum atomic E-state index is 5.67. The molecule has 1 atom stereocenters. The van der Waals surface area contributed by atoms with Crippen molar-refractivity contribution in [1.29, 1.82) is 0 Å². The summed E-state index contributed by atoms with van der Waals surface area (Å²) in [6.45, 7) is 5.70. The second kappa shape index (κ2) is 4.94. The molecule has 0 aliphatic heterocycles. The highest BCUT2D eigenvalue weighted by atomic mass is 14.9. The van der Waals surface area contributed by atoms with Crippen LogP contribution in [0.1, 0.15) is 24.1 Å². The predicted molar refractivity (Wildman–Crippen MR) is 54.4 cm³/mol. The van der Waals surface area contributed by atoms with E-state index in [2.05, 4.69) is 24.1 Å². The van der Waals surface area contributed by atoms with E-state index in [1.165, 1.54) is 11.1 Å². The molecule has 0 saturated carbocycles. The van der Waals surface area contributed by atoms with Crippen molar-refractivity contribution >= 4 is 0 Å². The number of likely N-dealkylation sites (N-methyl/N-ethyl adjacent to an activating group) is 1. The van der Waals surface area contributed by atoms with Crippen molar-refractivity contribution in [2.75, 3.05) is 13.1 Å². The highest BCUT2D eigenvalue weighted by Crippen LogP contribution is 2.14. The number of nitrogens with one attached hydrogen (secondary N) is 1. The number of pyridine rings is 1. The summed E-state index contributed by atoms with van der Waals surface area (Å²) in [7, 11) is 0. The summed E-state index contributed by atoms with van der Waals surface area (Å²) in [4.78, 5) is 4.10. The Kier molecular flexibility index (Phi) is 3.86. The molecule has 0 spiro atoms. The minimum atomic E-state index is 0.235. The molecule has 1 unspecified atom stereocenters. The number of hydrogen-bond donors (Lipinski definition) is 2. The van der Waals surface area contributed by atoms with E-state index in [1.807, 2.05) is 12.3 Å². The molecule has 0 radical (unpaired) electrons. The van der Waals surface area contributed by atoms with Gasteiger partial charge in [-0.05, 0) is 30.7 Å². The van der Waals surface area contributed by atoms with Crippen LogP contribution in [0.3, 0.4) is 0 Å². The van der Waals surface area contributed by atoms with Crippen LogP contribution in [0.15, 0.2) is 18.5 Å². The van der Waals surface area contributed by atoms with Crippen molar-refractivity contribution in [2.24, 2.45) is 5.73 Å². The molecule has 0 amide bonds. The first kappa shape index (κ1) is 10.2. The minimum absolute atomic E-state index is 0.235. The first-order chi connectivity index (χ1) is 6.29. The summed E-state index contributed by atoms with van der Waals surface area (Å²) >= 11 is 0. The van der Waals surface area contributed by atoms with Crippen LogP contribution < -0.4 is 11.1 Å². The van der Waals surface area contributed by atoms with Crippen molar-refractivity contribution in [1.82, 2.24) is 10.3 Å². The second-order valence-corrected chi connectivity index (χ2v) is 3.08. The molecular weight excluding hydrogens is 162 g/mol. The summed E-state index contributed by atoms with van der Waals surface area (Å²) in [6, 6.07) is 2.24. The number of rotatable bonds is 4. The van der Waals surface area contributed by atoms with Crippen LogP contribution in [0.4, 0.5) is 0 Å². The Labute approximate surface area is 79.4 Å². The van der Waals surface area contributed by atoms with Crippen molar-refractivity contribution in [3.8, 4) is 0 Å². The summed E-state index contributed by atoms with van der Waals surface area (Å²) in [5, 5.41) is 3.32. The third-order valence-electron chi connectivity index (χ3n) is 2.14. The summed E-state index contributed by atoms with van der Waals surface area (Å²) in [5.41, 5.74) is 8.11. The maximum absolute atomic E-state index is 5.67. The van der Waals surface area contributed by atoms with Gasteiger partial charge in [0.2, 0.25) is 0 Å². The van der Waals surface area contributed by atoms with Gasteiger partial charge in [0.1, 0.15) is 0 Å². The zero-order chi connectivity index (χ0) is 9.68. The lowest BCUT2D eigenvalue weighted by Gasteiger charge is -2.17. The van der Waals surface area contributed by atoms with Crippen LogP contribution in [0.25, 0.3) is 0 Å². The van der Waals surface area contributed by atoms with Gasteiger partial charge in [-0.1, -0.05) is 6.92 Å². The van der Waals surface area contributed by atoms with Crippen LogP contribution in [-0.2, 0) is 0 Å². The number of aryl methyl sites for hydroxylation is 1. The Bertz CT molecular complexity index is 260. The Hall–Kier alpha value is -0.930. The van der Waals surface area contributed by atoms with E-state index in [-0.39, 0.29) is 6.04 Å². The van der Waals surface area contributed by atoms with Gasteiger partial charge in [0.15, 0.2) is 0 Å². The molecule has 0 aromatic carbocycles. The van der Waals surface area contributed by atoms with Gasteiger partial charge in [0, 0.05) is 25.0 Å². The van der Waals surface area contributed by atoms with Gasteiger partial charge in [-0.2, -0.15) is 0 Å². The number of aromatic nitrogens is 1. The molecule has 3 heteroatoms. The standard InChI is InChI=1S/C10H17N3/c1-3-13-10(6-11)9-7-12-5-4-8(9)2/h4-5,7,10,13H,3,6,11H2,1-2H3. The molecule has 0 saturated heterocycles. The predicted octanol–water partition coefficient (Wildman–Crippen LogP) is 0.999. The average molecular weight is 179 g/mol. The fourth-order valence-electron chi connectivity index (χ4n) is 1.41. The van der Waals surface area contributed by atoms with Crippen LogP contribution in [0, 0.1) is 6.92 Å². The molecule has 1 rings (SSSR count). The topological polar surface area (TPSA) is 50.9 Å². The number of nitrogens with two attached hydrogens (primary N) is 1. The van der Waals surface area contributed by atoms with E-state index < -0.39 is 0 Å². The number of nitrogens with zero attached hydrogens (tertiary/aromatic N) is 1. The van der Waals surface area contributed by atoms with Crippen LogP contribution in [-0.4, -0.2) is 18.1 Å². The molecular formula is C10H17N3. The zero-order valence-corrected chi connectivity index (χ0v) is 8.25. The molecule has 1 aromatic heterocycles. The van der Waals surface area contributed by atoms with Crippen molar-refractivity contribution in [3.05, 3.63) is 29.6 Å². The third-order valence-corrected chi connectivity index (χ3v) is 2.14. The van der Waals surface area contributed by atoms with E-state index in [0.29, 0.717) is 6.54 Å². The van der Waals surface area contributed by atoms with Gasteiger partial charge >= 0.3 is 0 Å². The van der Waals surface area contributed by atoms with Crippen LogP contribution in [0.2, 0.25) is 0 Å². The Morgan fingerprint density at radius 1 is 1.62 bits per heavy atom. The monoisotopic (exact) mass is 179 g/mol. The lowest BCUT2D eigenvalue weighted by molar-refractivity contribution is 0.557. The molecule has 1 heterocycles. The molecule has 0 aliphatic carbocycles. The Balaban J connectivity index is 2.84. The quantitative estimate of drug-likeness (QED) is 0.725. The lowest BCUT2D eigenvalue weighted by Crippen LogP contribution is -2.28. The van der Waals surface area contributed by atoms with E-state index >= 15 is 0 Å². The summed E-state index contributed by atoms with van der Waals surface area (Å²) in [5.74, 6) is 0. The normalized spacial score (nSPS) is 12.8. The molecule has 13 heavy (non-hydrogen) atoms. The summed E-state index contributed by atoms with van der Waals surface area (Å²) in [6.07, 6.45) is 3.69. The number of hydrogen-bond acceptors (Lipinski definition) is 3. The first-order valence-corrected chi connectivity index (χ1v) is 4.63. The third kappa shape index (κ3) is 2.50. The minimum Gasteiger partial charge on any atom is -0.329 e. The average Bonchev–Trinajstić information content (AvgIpc) is 2.16. The van der Waals surface area contributed by atoms with Gasteiger partial charge in [-0.3, -0.25) is 4.98 Å². The van der Waals surface area contributed by atoms with Crippen LogP contribution in [0.5, 0.6) is 0 Å². The smallest absolute Gasteiger partial charge is 0.0462 e. The van der Waals surface area contributed by atoms with E-state index in [1.54, 1.807) is 6.20 Å². The van der Waals surface area contributed by atoms with Crippen molar-refractivity contribution in [3.63, 3.8) is 0 Å². The van der Waals surface area contributed by atoms with Gasteiger partial charge in [-0.15, -0.1) is 0 Å². The molecule has 1 aromatic rings. The fraction of sp³-hybridized carbons (Fsp3) is 0.500. The Morgan fingerprint density at radius 3 is 2.92 bits per heavy atom. The first-order valence-electron chi connectivity index (χ1n) is 4.63. The van der Waals surface area contributed by atoms with Gasteiger partial charge in [0.25, 0.3) is 0 Å². The molecule has 0 fully saturated rings. The van der Waals surface area contributed by atoms with Gasteiger partial charge in [-0.25, -0.2) is 0 Å². The highest BCUT2D eigenvalue weighted by molar-refractivity contribution is 5.25. The largest absolute Gasteiger partial charge is 0.329 e. The summed E-state index contributed by atoms with van der Waals surface area (Å²) < 4.78 is 0. The van der Waals surface area contributed by atoms with Gasteiger partial charge < -0.3 is 11.1 Å². The van der Waals surface area contributed by atoms with E-state index in [0.717, 1.165) is 6.54 Å². The van der Waals surface area contributed by atoms with Crippen molar-refractivity contribution < 1.29 is 0 Å². The van der Waals surface area contributed by atoms with Crippen LogP contribution >= 0.6 is 0 Å². The molecule has 0 aliphatic rings. The second-order valence-electron chi connectivity index (χ2n) is 3.08. The highest BCUT2D eigenvalue weighted by Gasteiger charge is 2.09. The zero-order valence-electron chi connectivity index (χ0n) is 8.25. The van der Waals surface area contributed by atoms with E-state index in [4.69, 9.17) is 5.73 Å². The van der Waals surface area contributed by atoms with Crippen molar-refractivity contribution in [2.45, 2.75) is 19.9 Å². The SMILES string of the molecule is CCNC(CN)c1cnccc1C.